The zero-order valence-corrected chi connectivity index (χ0v) is 14.9. The lowest BCUT2D eigenvalue weighted by Gasteiger charge is -2.22. The van der Waals surface area contributed by atoms with Crippen molar-refractivity contribution < 1.29 is 9.59 Å². The van der Waals surface area contributed by atoms with Crippen LogP contribution in [0.15, 0.2) is 60.7 Å². The molecule has 4 N–H and O–H groups in total. The Kier molecular flexibility index (Phi) is 5.68. The monoisotopic (exact) mass is 351 g/mol. The van der Waals surface area contributed by atoms with Crippen LogP contribution in [0.5, 0.6) is 0 Å². The lowest BCUT2D eigenvalue weighted by atomic mass is 9.86. The van der Waals surface area contributed by atoms with Crippen LogP contribution in [0.3, 0.4) is 0 Å². The van der Waals surface area contributed by atoms with Crippen molar-refractivity contribution in [3.63, 3.8) is 0 Å². The third kappa shape index (κ3) is 4.29. The molecule has 4 atom stereocenters. The fourth-order valence-corrected chi connectivity index (χ4v) is 3.53. The normalized spacial score (nSPS) is 24.3. The highest BCUT2D eigenvalue weighted by Crippen LogP contribution is 2.34. The maximum Gasteiger partial charge on any atom is 0.237 e. The number of amides is 2. The quantitative estimate of drug-likeness (QED) is 0.772. The molecular formula is C21H25N3O2. The van der Waals surface area contributed by atoms with Crippen molar-refractivity contribution in [3.05, 3.63) is 71.8 Å². The molecule has 1 aliphatic heterocycles. The Morgan fingerprint density at radius 1 is 1.04 bits per heavy atom. The van der Waals surface area contributed by atoms with Gasteiger partial charge in [-0.05, 0) is 36.8 Å². The fraction of sp³-hybridized carbons (Fsp3) is 0.333. The molecule has 2 amide bonds. The van der Waals surface area contributed by atoms with Gasteiger partial charge in [-0.2, -0.15) is 0 Å². The molecule has 0 saturated carbocycles. The van der Waals surface area contributed by atoms with Gasteiger partial charge in [-0.15, -0.1) is 0 Å². The smallest absolute Gasteiger partial charge is 0.237 e. The van der Waals surface area contributed by atoms with Crippen LogP contribution in [0.2, 0.25) is 0 Å². The van der Waals surface area contributed by atoms with Crippen LogP contribution in [0.25, 0.3) is 0 Å². The lowest BCUT2D eigenvalue weighted by Crippen LogP contribution is -2.51. The van der Waals surface area contributed by atoms with Gasteiger partial charge in [-0.1, -0.05) is 60.7 Å². The predicted octanol–water partition coefficient (Wildman–Crippen LogP) is 2.25. The zero-order valence-electron chi connectivity index (χ0n) is 14.9. The number of nitrogens with one attached hydrogen (secondary N) is 2. The average Bonchev–Trinajstić information content (AvgIpc) is 2.82. The largest absolute Gasteiger partial charge is 0.368 e. The van der Waals surface area contributed by atoms with Crippen molar-refractivity contribution in [2.24, 2.45) is 5.73 Å². The van der Waals surface area contributed by atoms with Gasteiger partial charge in [0.1, 0.15) is 0 Å². The number of benzene rings is 2. The van der Waals surface area contributed by atoms with Gasteiger partial charge in [0.2, 0.25) is 11.8 Å². The second-order valence-corrected chi connectivity index (χ2v) is 6.89. The number of nitrogens with two attached hydrogens (primary N) is 1. The van der Waals surface area contributed by atoms with E-state index in [-0.39, 0.29) is 17.9 Å². The highest BCUT2D eigenvalue weighted by Gasteiger charge is 2.33. The van der Waals surface area contributed by atoms with Crippen molar-refractivity contribution in [2.45, 2.75) is 43.8 Å². The summed E-state index contributed by atoms with van der Waals surface area (Å²) < 4.78 is 0. The Labute approximate surface area is 154 Å². The van der Waals surface area contributed by atoms with Crippen LogP contribution in [-0.2, 0) is 9.59 Å². The molecule has 26 heavy (non-hydrogen) atoms. The van der Waals surface area contributed by atoms with Crippen LogP contribution in [0, 0.1) is 0 Å². The minimum Gasteiger partial charge on any atom is -0.368 e. The standard InChI is InChI=1S/C21H25N3O2/c1-14(20(22)25)23-19-13-17(15-8-4-2-5-9-15)12-18(24-21(19)26)16-10-6-3-7-11-16/h2-11,14,17-19,23H,12-13H2,1H3,(H2,22,25)(H,24,26)/t14-,17+,18-,19-/m0/s1. The minimum atomic E-state index is -0.560. The van der Waals surface area contributed by atoms with E-state index in [9.17, 15) is 9.59 Å². The van der Waals surface area contributed by atoms with Gasteiger partial charge in [0.05, 0.1) is 18.1 Å². The third-order valence-corrected chi connectivity index (χ3v) is 5.02. The van der Waals surface area contributed by atoms with Crippen molar-refractivity contribution in [3.8, 4) is 0 Å². The second kappa shape index (κ2) is 8.15. The first kappa shape index (κ1) is 18.1. The number of carbonyl (C=O) groups excluding carboxylic acids is 2. The molecule has 0 spiro atoms. The van der Waals surface area contributed by atoms with Gasteiger partial charge < -0.3 is 11.1 Å². The summed E-state index contributed by atoms with van der Waals surface area (Å²) >= 11 is 0. The van der Waals surface area contributed by atoms with Crippen LogP contribution >= 0.6 is 0 Å². The molecule has 2 aromatic rings. The summed E-state index contributed by atoms with van der Waals surface area (Å²) in [6.45, 7) is 1.69. The Hall–Kier alpha value is -2.66. The molecule has 1 aliphatic rings. The summed E-state index contributed by atoms with van der Waals surface area (Å²) in [4.78, 5) is 24.2. The molecule has 0 aromatic heterocycles. The number of carbonyl (C=O) groups is 2. The molecule has 5 nitrogen and oxygen atoms in total. The molecule has 1 heterocycles. The molecular weight excluding hydrogens is 326 g/mol. The highest BCUT2D eigenvalue weighted by atomic mass is 16.2. The van der Waals surface area contributed by atoms with E-state index in [1.165, 1.54) is 5.56 Å². The van der Waals surface area contributed by atoms with E-state index in [0.29, 0.717) is 6.42 Å². The molecule has 0 bridgehead atoms. The van der Waals surface area contributed by atoms with E-state index in [2.05, 4.69) is 22.8 Å². The summed E-state index contributed by atoms with van der Waals surface area (Å²) in [6, 6.07) is 19.1. The zero-order chi connectivity index (χ0) is 18.5. The highest BCUT2D eigenvalue weighted by molar-refractivity contribution is 5.85. The summed E-state index contributed by atoms with van der Waals surface area (Å²) in [5.74, 6) is -0.360. The van der Waals surface area contributed by atoms with Gasteiger partial charge in [-0.25, -0.2) is 0 Å². The lowest BCUT2D eigenvalue weighted by molar-refractivity contribution is -0.124. The van der Waals surface area contributed by atoms with Gasteiger partial charge in [0.15, 0.2) is 0 Å². The van der Waals surface area contributed by atoms with Gasteiger partial charge in [-0.3, -0.25) is 14.9 Å². The Morgan fingerprint density at radius 3 is 2.19 bits per heavy atom. The van der Waals surface area contributed by atoms with Gasteiger partial charge in [0.25, 0.3) is 0 Å². The summed E-state index contributed by atoms with van der Waals surface area (Å²) in [6.07, 6.45) is 1.43. The average molecular weight is 351 g/mol. The Morgan fingerprint density at radius 2 is 1.62 bits per heavy atom. The Balaban J connectivity index is 1.89. The topological polar surface area (TPSA) is 84.2 Å². The first-order chi connectivity index (χ1) is 12.5. The Bertz CT molecular complexity index is 748. The first-order valence-corrected chi connectivity index (χ1v) is 9.00. The van der Waals surface area contributed by atoms with Crippen LogP contribution in [0.1, 0.15) is 42.9 Å². The van der Waals surface area contributed by atoms with E-state index < -0.39 is 18.0 Å². The first-order valence-electron chi connectivity index (χ1n) is 9.00. The van der Waals surface area contributed by atoms with Crippen LogP contribution in [0.4, 0.5) is 0 Å². The SMILES string of the molecule is C[C@H](N[C@H]1C[C@H](c2ccccc2)C[C@@H](c2ccccc2)NC1=O)C(N)=O. The van der Waals surface area contributed by atoms with Crippen LogP contribution in [-0.4, -0.2) is 23.9 Å². The summed E-state index contributed by atoms with van der Waals surface area (Å²) in [5, 5.41) is 6.23. The van der Waals surface area contributed by atoms with Crippen molar-refractivity contribution in [1.29, 1.82) is 0 Å². The van der Waals surface area contributed by atoms with Crippen molar-refractivity contribution in [1.82, 2.24) is 10.6 Å². The van der Waals surface area contributed by atoms with Gasteiger partial charge >= 0.3 is 0 Å². The molecule has 136 valence electrons. The van der Waals surface area contributed by atoms with E-state index >= 15 is 0 Å². The van der Waals surface area contributed by atoms with E-state index in [1.807, 2.05) is 48.5 Å². The predicted molar refractivity (Wildman–Crippen MR) is 101 cm³/mol. The molecule has 0 radical (unpaired) electrons. The van der Waals surface area contributed by atoms with E-state index in [0.717, 1.165) is 12.0 Å². The van der Waals surface area contributed by atoms with Crippen molar-refractivity contribution >= 4 is 11.8 Å². The number of hydrogen-bond donors (Lipinski definition) is 3. The van der Waals surface area contributed by atoms with Gasteiger partial charge in [0, 0.05) is 0 Å². The van der Waals surface area contributed by atoms with Crippen LogP contribution < -0.4 is 16.4 Å². The molecule has 3 rings (SSSR count). The van der Waals surface area contributed by atoms with Crippen molar-refractivity contribution in [2.75, 3.05) is 0 Å². The number of hydrogen-bond acceptors (Lipinski definition) is 3. The fourth-order valence-electron chi connectivity index (χ4n) is 3.53. The minimum absolute atomic E-state index is 0.0652. The summed E-state index contributed by atoms with van der Waals surface area (Å²) in [5.41, 5.74) is 7.65. The molecule has 5 heteroatoms. The number of rotatable bonds is 5. The molecule has 0 unspecified atom stereocenters. The second-order valence-electron chi connectivity index (χ2n) is 6.89. The number of primary amides is 1. The van der Waals surface area contributed by atoms with E-state index in [1.54, 1.807) is 6.92 Å². The maximum atomic E-state index is 12.8. The molecule has 0 aliphatic carbocycles. The van der Waals surface area contributed by atoms with E-state index in [4.69, 9.17) is 5.73 Å². The maximum absolute atomic E-state index is 12.8. The molecule has 1 fully saturated rings. The molecule has 1 saturated heterocycles. The molecule has 2 aromatic carbocycles. The summed E-state index contributed by atoms with van der Waals surface area (Å²) in [7, 11) is 0. The third-order valence-electron chi connectivity index (χ3n) is 5.02.